The number of amides is 4. The van der Waals surface area contributed by atoms with E-state index in [2.05, 4.69) is 10.6 Å². The van der Waals surface area contributed by atoms with Crippen LogP contribution in [0.5, 0.6) is 5.75 Å². The number of carbonyl (C=O) groups excluding carboxylic acids is 6. The van der Waals surface area contributed by atoms with Gasteiger partial charge >= 0.3 is 0 Å². The molecule has 2 saturated heterocycles. The summed E-state index contributed by atoms with van der Waals surface area (Å²) in [5.41, 5.74) is 0.0806. The average Bonchev–Trinajstić information content (AvgIpc) is 2.95. The number of hydrogen-bond donors (Lipinski definition) is 2. The summed E-state index contributed by atoms with van der Waals surface area (Å²) in [4.78, 5) is 75.0. The van der Waals surface area contributed by atoms with E-state index in [0.29, 0.717) is 12.7 Å². The van der Waals surface area contributed by atoms with Crippen LogP contribution in [-0.4, -0.2) is 77.5 Å². The molecule has 194 valence electrons. The summed E-state index contributed by atoms with van der Waals surface area (Å²) in [6.07, 6.45) is 0.924. The van der Waals surface area contributed by atoms with Crippen molar-refractivity contribution in [1.82, 2.24) is 20.7 Å². The SMILES string of the molecule is COc1c(Cl)cc(C(=O)N[C@H]2CCC(=O)N3CCC[C@@H](C(=O)N[C@H](C=O)CC(C)=O)N3C2=O)cc1Cl. The number of hydrogen-bond acceptors (Lipinski definition) is 7. The van der Waals surface area contributed by atoms with Gasteiger partial charge in [0.05, 0.1) is 23.2 Å². The molecule has 0 aliphatic carbocycles. The van der Waals surface area contributed by atoms with Gasteiger partial charge in [0, 0.05) is 24.9 Å². The summed E-state index contributed by atoms with van der Waals surface area (Å²) in [7, 11) is 1.38. The number of benzene rings is 1. The molecular formula is C23H26Cl2N4O7. The smallest absolute Gasteiger partial charge is 0.264 e. The maximum Gasteiger partial charge on any atom is 0.264 e. The lowest BCUT2D eigenvalue weighted by atomic mass is 10.0. The highest BCUT2D eigenvalue weighted by Crippen LogP contribution is 2.34. The Labute approximate surface area is 217 Å². The second-order valence-electron chi connectivity index (χ2n) is 8.55. The Morgan fingerprint density at radius 2 is 1.86 bits per heavy atom. The van der Waals surface area contributed by atoms with Gasteiger partial charge in [-0.1, -0.05) is 23.2 Å². The van der Waals surface area contributed by atoms with Crippen LogP contribution in [0.25, 0.3) is 0 Å². The molecule has 36 heavy (non-hydrogen) atoms. The zero-order valence-electron chi connectivity index (χ0n) is 19.7. The van der Waals surface area contributed by atoms with Gasteiger partial charge in [-0.2, -0.15) is 0 Å². The summed E-state index contributed by atoms with van der Waals surface area (Å²) >= 11 is 12.2. The van der Waals surface area contributed by atoms with Crippen molar-refractivity contribution in [3.8, 4) is 5.75 Å². The third kappa shape index (κ3) is 5.96. The molecular weight excluding hydrogens is 515 g/mol. The highest BCUT2D eigenvalue weighted by molar-refractivity contribution is 6.37. The third-order valence-electron chi connectivity index (χ3n) is 5.93. The third-order valence-corrected chi connectivity index (χ3v) is 6.49. The first-order valence-corrected chi connectivity index (χ1v) is 12.0. The predicted molar refractivity (Wildman–Crippen MR) is 128 cm³/mol. The minimum atomic E-state index is -1.11. The van der Waals surface area contributed by atoms with Gasteiger partial charge < -0.3 is 20.2 Å². The summed E-state index contributed by atoms with van der Waals surface area (Å²) in [5, 5.41) is 7.56. The van der Waals surface area contributed by atoms with Crippen LogP contribution in [0.2, 0.25) is 10.0 Å². The minimum Gasteiger partial charge on any atom is -0.494 e. The highest BCUT2D eigenvalue weighted by Gasteiger charge is 2.45. The number of halogens is 2. The molecule has 0 radical (unpaired) electrons. The van der Waals surface area contributed by atoms with Gasteiger partial charge in [-0.25, -0.2) is 5.01 Å². The van der Waals surface area contributed by atoms with Crippen LogP contribution in [0, 0.1) is 0 Å². The highest BCUT2D eigenvalue weighted by atomic mass is 35.5. The lowest BCUT2D eigenvalue weighted by molar-refractivity contribution is -0.176. The Bertz CT molecular complexity index is 1070. The van der Waals surface area contributed by atoms with Crippen molar-refractivity contribution in [2.75, 3.05) is 13.7 Å². The standard InChI is InChI=1S/C23H26Cl2N4O7/c1-12(31)8-14(11-30)26-22(34)18-4-3-7-28-19(32)6-5-17(23(35)29(18)28)27-21(33)13-9-15(24)20(36-2)16(25)10-13/h9-11,14,17-18H,3-8H2,1-2H3,(H,26,34)(H,27,33)/t14-,17-,18-/m0/s1. The fourth-order valence-corrected chi connectivity index (χ4v) is 4.90. The van der Waals surface area contributed by atoms with Crippen LogP contribution in [0.1, 0.15) is 49.4 Å². The Morgan fingerprint density at radius 3 is 2.44 bits per heavy atom. The molecule has 3 atom stereocenters. The summed E-state index contributed by atoms with van der Waals surface area (Å²) in [5.74, 6) is -2.43. The number of methoxy groups -OCH3 is 1. The van der Waals surface area contributed by atoms with E-state index in [4.69, 9.17) is 27.9 Å². The van der Waals surface area contributed by atoms with E-state index in [9.17, 15) is 28.8 Å². The molecule has 0 spiro atoms. The topological polar surface area (TPSA) is 142 Å². The fraction of sp³-hybridized carbons (Fsp3) is 0.478. The van der Waals surface area contributed by atoms with E-state index in [-0.39, 0.29) is 65.3 Å². The number of nitrogens with zero attached hydrogens (tertiary/aromatic N) is 2. The minimum absolute atomic E-state index is 0.0175. The molecule has 2 aliphatic rings. The number of fused-ring (bicyclic) bond motifs is 1. The number of Topliss-reactive ketones (excluding diaryl/α,β-unsaturated/α-hetero) is 1. The normalized spacial score (nSPS) is 20.7. The molecule has 3 rings (SSSR count). The van der Waals surface area contributed by atoms with Crippen molar-refractivity contribution < 1.29 is 33.5 Å². The molecule has 11 nitrogen and oxygen atoms in total. The quantitative estimate of drug-likeness (QED) is 0.473. The van der Waals surface area contributed by atoms with E-state index in [0.717, 1.165) is 5.01 Å². The zero-order valence-corrected chi connectivity index (χ0v) is 21.2. The van der Waals surface area contributed by atoms with Gasteiger partial charge in [-0.15, -0.1) is 0 Å². The predicted octanol–water partition coefficient (Wildman–Crippen LogP) is 1.29. The largest absolute Gasteiger partial charge is 0.494 e. The van der Waals surface area contributed by atoms with Crippen molar-refractivity contribution in [2.24, 2.45) is 0 Å². The first-order chi connectivity index (χ1) is 17.1. The number of ketones is 1. The molecule has 0 bridgehead atoms. The van der Waals surface area contributed by atoms with Gasteiger partial charge in [0.25, 0.3) is 11.8 Å². The van der Waals surface area contributed by atoms with Crippen LogP contribution >= 0.6 is 23.2 Å². The van der Waals surface area contributed by atoms with Crippen LogP contribution in [-0.2, 0) is 24.0 Å². The molecule has 2 fully saturated rings. The van der Waals surface area contributed by atoms with Crippen LogP contribution in [0.15, 0.2) is 12.1 Å². The van der Waals surface area contributed by atoms with Gasteiger partial charge in [-0.05, 0) is 38.3 Å². The maximum absolute atomic E-state index is 13.5. The zero-order chi connectivity index (χ0) is 26.6. The molecule has 0 saturated carbocycles. The number of nitrogens with one attached hydrogen (secondary N) is 2. The van der Waals surface area contributed by atoms with E-state index >= 15 is 0 Å². The number of ether oxygens (including phenoxy) is 1. The molecule has 1 aromatic rings. The first kappa shape index (κ1) is 27.4. The Morgan fingerprint density at radius 1 is 1.19 bits per heavy atom. The van der Waals surface area contributed by atoms with Gasteiger partial charge in [-0.3, -0.25) is 29.0 Å². The summed E-state index contributed by atoms with van der Waals surface area (Å²) in [6.45, 7) is 1.52. The number of aldehydes is 1. The van der Waals surface area contributed by atoms with Crippen molar-refractivity contribution in [3.05, 3.63) is 27.7 Å². The van der Waals surface area contributed by atoms with Crippen LogP contribution in [0.4, 0.5) is 0 Å². The van der Waals surface area contributed by atoms with E-state index in [1.165, 1.54) is 31.2 Å². The van der Waals surface area contributed by atoms with Crippen molar-refractivity contribution >= 4 is 58.9 Å². The van der Waals surface area contributed by atoms with E-state index in [1.54, 1.807) is 0 Å². The molecule has 1 aromatic carbocycles. The maximum atomic E-state index is 13.5. The van der Waals surface area contributed by atoms with Gasteiger partial charge in [0.1, 0.15) is 24.2 Å². The second-order valence-corrected chi connectivity index (χ2v) is 9.37. The lowest BCUT2D eigenvalue weighted by Crippen LogP contribution is -2.64. The summed E-state index contributed by atoms with van der Waals surface area (Å²) < 4.78 is 5.08. The number of hydrazine groups is 1. The van der Waals surface area contributed by atoms with E-state index in [1.807, 2.05) is 0 Å². The molecule has 0 aromatic heterocycles. The Balaban J connectivity index is 1.83. The van der Waals surface area contributed by atoms with Crippen molar-refractivity contribution in [3.63, 3.8) is 0 Å². The van der Waals surface area contributed by atoms with Crippen molar-refractivity contribution in [1.29, 1.82) is 0 Å². The molecule has 13 heteroatoms. The van der Waals surface area contributed by atoms with Crippen LogP contribution < -0.4 is 15.4 Å². The number of carbonyl (C=O) groups is 6. The van der Waals surface area contributed by atoms with Gasteiger partial charge in [0.15, 0.2) is 5.75 Å². The Hall–Kier alpha value is -3.18. The monoisotopic (exact) mass is 540 g/mol. The number of rotatable bonds is 8. The molecule has 2 aliphatic heterocycles. The lowest BCUT2D eigenvalue weighted by Gasteiger charge is -2.43. The molecule has 0 unspecified atom stereocenters. The van der Waals surface area contributed by atoms with E-state index < -0.39 is 35.8 Å². The second kappa shape index (κ2) is 11.7. The van der Waals surface area contributed by atoms with Crippen LogP contribution in [0.3, 0.4) is 0 Å². The Kier molecular flexibility index (Phi) is 8.91. The first-order valence-electron chi connectivity index (χ1n) is 11.3. The van der Waals surface area contributed by atoms with Gasteiger partial charge in [0.2, 0.25) is 11.8 Å². The average molecular weight is 541 g/mol. The molecule has 2 N–H and O–H groups in total. The molecule has 4 amide bonds. The fourth-order valence-electron chi connectivity index (χ4n) is 4.26. The van der Waals surface area contributed by atoms with Crippen molar-refractivity contribution in [2.45, 2.75) is 57.2 Å². The summed E-state index contributed by atoms with van der Waals surface area (Å²) in [6, 6.07) is -0.577. The molecule has 2 heterocycles.